The molecule has 1 saturated carbocycles. The second kappa shape index (κ2) is 3.13. The van der Waals surface area contributed by atoms with E-state index in [0.717, 1.165) is 0 Å². The van der Waals surface area contributed by atoms with E-state index in [0.29, 0.717) is 6.42 Å². The van der Waals surface area contributed by atoms with Crippen LogP contribution in [0.15, 0.2) is 0 Å². The van der Waals surface area contributed by atoms with Crippen LogP contribution in [0.5, 0.6) is 0 Å². The van der Waals surface area contributed by atoms with Crippen LogP contribution in [0.2, 0.25) is 0 Å². The van der Waals surface area contributed by atoms with Crippen LogP contribution in [-0.2, 0) is 4.74 Å². The van der Waals surface area contributed by atoms with Crippen LogP contribution in [0, 0.1) is 5.41 Å². The van der Waals surface area contributed by atoms with E-state index < -0.39 is 30.4 Å². The number of ether oxygens (including phenoxy) is 1. The van der Waals surface area contributed by atoms with Gasteiger partial charge in [0.05, 0.1) is 12.2 Å². The number of aliphatic hydroxyl groups is 1. The maximum Gasteiger partial charge on any atom is 0.411 e. The first kappa shape index (κ1) is 10.8. The molecule has 0 bridgehead atoms. The molecule has 0 radical (unpaired) electrons. The predicted octanol–water partition coefficient (Wildman–Crippen LogP) is 1.72. The monoisotopic (exact) mass is 198 g/mol. The van der Waals surface area contributed by atoms with Gasteiger partial charge in [-0.05, 0) is 0 Å². The van der Waals surface area contributed by atoms with Crippen molar-refractivity contribution < 1.29 is 23.0 Å². The Morgan fingerprint density at radius 2 is 2.00 bits per heavy atom. The summed E-state index contributed by atoms with van der Waals surface area (Å²) in [5, 5.41) is 9.21. The Hall–Kier alpha value is -0.290. The fraction of sp³-hybridized carbons (Fsp3) is 1.00. The maximum atomic E-state index is 11.7. The fourth-order valence-corrected chi connectivity index (χ4v) is 1.34. The first-order chi connectivity index (χ1) is 5.73. The molecule has 0 saturated heterocycles. The summed E-state index contributed by atoms with van der Waals surface area (Å²) in [5.41, 5.74) is -0.550. The van der Waals surface area contributed by atoms with Crippen LogP contribution >= 0.6 is 0 Å². The van der Waals surface area contributed by atoms with Gasteiger partial charge >= 0.3 is 6.18 Å². The van der Waals surface area contributed by atoms with E-state index in [1.165, 1.54) is 0 Å². The molecular weight excluding hydrogens is 185 g/mol. The quantitative estimate of drug-likeness (QED) is 0.732. The number of alkyl halides is 3. The standard InChI is InChI=1S/C8H13F3O2/c1-7(2)5(12)3-6(7)13-4-8(9,10)11/h5-6,12H,3-4H2,1-2H3. The van der Waals surface area contributed by atoms with Crippen molar-refractivity contribution in [1.29, 1.82) is 0 Å². The van der Waals surface area contributed by atoms with Gasteiger partial charge in [-0.3, -0.25) is 0 Å². The normalized spacial score (nSPS) is 32.8. The smallest absolute Gasteiger partial charge is 0.392 e. The molecule has 0 amide bonds. The van der Waals surface area contributed by atoms with Gasteiger partial charge in [0.2, 0.25) is 0 Å². The van der Waals surface area contributed by atoms with Gasteiger partial charge in [-0.2, -0.15) is 13.2 Å². The van der Waals surface area contributed by atoms with Gasteiger partial charge in [0.1, 0.15) is 6.61 Å². The van der Waals surface area contributed by atoms with Crippen LogP contribution in [0.1, 0.15) is 20.3 Å². The van der Waals surface area contributed by atoms with E-state index >= 15 is 0 Å². The zero-order valence-corrected chi connectivity index (χ0v) is 7.56. The molecule has 0 aromatic rings. The summed E-state index contributed by atoms with van der Waals surface area (Å²) >= 11 is 0. The van der Waals surface area contributed by atoms with Crippen LogP contribution < -0.4 is 0 Å². The molecule has 5 heteroatoms. The van der Waals surface area contributed by atoms with Gasteiger partial charge in [0.25, 0.3) is 0 Å². The molecule has 1 N–H and O–H groups in total. The molecule has 1 rings (SSSR count). The zero-order valence-electron chi connectivity index (χ0n) is 7.56. The van der Waals surface area contributed by atoms with Crippen molar-refractivity contribution in [2.45, 2.75) is 38.7 Å². The lowest BCUT2D eigenvalue weighted by molar-refractivity contribution is -0.236. The van der Waals surface area contributed by atoms with E-state index in [-0.39, 0.29) is 0 Å². The van der Waals surface area contributed by atoms with Crippen molar-refractivity contribution in [3.05, 3.63) is 0 Å². The molecule has 0 aromatic carbocycles. The number of hydrogen-bond donors (Lipinski definition) is 1. The van der Waals surface area contributed by atoms with Crippen molar-refractivity contribution in [1.82, 2.24) is 0 Å². The van der Waals surface area contributed by atoms with E-state index in [4.69, 9.17) is 0 Å². The summed E-state index contributed by atoms with van der Waals surface area (Å²) in [6, 6.07) is 0. The van der Waals surface area contributed by atoms with Crippen molar-refractivity contribution in [2.75, 3.05) is 6.61 Å². The molecule has 1 fully saturated rings. The minimum atomic E-state index is -4.28. The van der Waals surface area contributed by atoms with Gasteiger partial charge in [-0.15, -0.1) is 0 Å². The predicted molar refractivity (Wildman–Crippen MR) is 40.2 cm³/mol. The third kappa shape index (κ3) is 2.34. The van der Waals surface area contributed by atoms with Crippen molar-refractivity contribution in [3.8, 4) is 0 Å². The lowest BCUT2D eigenvalue weighted by Gasteiger charge is -2.48. The van der Waals surface area contributed by atoms with Crippen molar-refractivity contribution in [3.63, 3.8) is 0 Å². The summed E-state index contributed by atoms with van der Waals surface area (Å²) in [4.78, 5) is 0. The summed E-state index contributed by atoms with van der Waals surface area (Å²) in [6.45, 7) is 2.16. The highest BCUT2D eigenvalue weighted by Crippen LogP contribution is 2.43. The molecule has 0 aliphatic heterocycles. The van der Waals surface area contributed by atoms with E-state index in [9.17, 15) is 18.3 Å². The van der Waals surface area contributed by atoms with Crippen molar-refractivity contribution in [2.24, 2.45) is 5.41 Å². The van der Waals surface area contributed by atoms with E-state index in [1.54, 1.807) is 13.8 Å². The van der Waals surface area contributed by atoms with Crippen LogP contribution in [-0.4, -0.2) is 30.1 Å². The summed E-state index contributed by atoms with van der Waals surface area (Å²) in [7, 11) is 0. The third-order valence-corrected chi connectivity index (χ3v) is 2.57. The Labute approximate surface area is 74.7 Å². The van der Waals surface area contributed by atoms with Crippen LogP contribution in [0.3, 0.4) is 0 Å². The Bertz CT molecular complexity index is 188. The van der Waals surface area contributed by atoms with Gasteiger partial charge in [0, 0.05) is 11.8 Å². The molecule has 2 unspecified atom stereocenters. The van der Waals surface area contributed by atoms with Crippen LogP contribution in [0.25, 0.3) is 0 Å². The van der Waals surface area contributed by atoms with E-state index in [2.05, 4.69) is 4.74 Å². The second-order valence-corrected chi connectivity index (χ2v) is 3.99. The summed E-state index contributed by atoms with van der Waals surface area (Å²) < 4.78 is 39.9. The highest BCUT2D eigenvalue weighted by atomic mass is 19.4. The average molecular weight is 198 g/mol. The first-order valence-electron chi connectivity index (χ1n) is 4.10. The zero-order chi connectivity index (χ0) is 10.3. The highest BCUT2D eigenvalue weighted by molar-refractivity contribution is 4.98. The Balaban J connectivity index is 2.33. The SMILES string of the molecule is CC1(C)C(O)CC1OCC(F)(F)F. The summed E-state index contributed by atoms with van der Waals surface area (Å²) in [6.07, 6.45) is -5.02. The Morgan fingerprint density at radius 1 is 1.46 bits per heavy atom. The van der Waals surface area contributed by atoms with Gasteiger partial charge in [-0.25, -0.2) is 0 Å². The van der Waals surface area contributed by atoms with Gasteiger partial charge in [0.15, 0.2) is 0 Å². The highest BCUT2D eigenvalue weighted by Gasteiger charge is 2.49. The first-order valence-corrected chi connectivity index (χ1v) is 4.10. The molecular formula is C8H13F3O2. The summed E-state index contributed by atoms with van der Waals surface area (Å²) in [5.74, 6) is 0. The number of hydrogen-bond acceptors (Lipinski definition) is 2. The molecule has 1 aliphatic rings. The lowest BCUT2D eigenvalue weighted by atomic mass is 9.66. The average Bonchev–Trinajstić information content (AvgIpc) is 1.95. The molecule has 1 aliphatic carbocycles. The number of aliphatic hydroxyl groups excluding tert-OH is 1. The fourth-order valence-electron chi connectivity index (χ4n) is 1.34. The Morgan fingerprint density at radius 3 is 2.31 bits per heavy atom. The molecule has 2 nitrogen and oxygen atoms in total. The van der Waals surface area contributed by atoms with E-state index in [1.807, 2.05) is 0 Å². The number of rotatable bonds is 2. The lowest BCUT2D eigenvalue weighted by Crippen LogP contribution is -2.55. The molecule has 78 valence electrons. The van der Waals surface area contributed by atoms with Crippen molar-refractivity contribution >= 4 is 0 Å². The minimum absolute atomic E-state index is 0.295. The molecule has 0 spiro atoms. The molecule has 2 atom stereocenters. The third-order valence-electron chi connectivity index (χ3n) is 2.57. The van der Waals surface area contributed by atoms with Gasteiger partial charge in [-0.1, -0.05) is 13.8 Å². The second-order valence-electron chi connectivity index (χ2n) is 3.99. The van der Waals surface area contributed by atoms with Gasteiger partial charge < -0.3 is 9.84 Å². The topological polar surface area (TPSA) is 29.5 Å². The largest absolute Gasteiger partial charge is 0.411 e. The molecule has 0 heterocycles. The minimum Gasteiger partial charge on any atom is -0.392 e. The maximum absolute atomic E-state index is 11.7. The Kier molecular flexibility index (Phi) is 2.60. The molecule has 13 heavy (non-hydrogen) atoms. The number of halogens is 3. The van der Waals surface area contributed by atoms with Crippen LogP contribution in [0.4, 0.5) is 13.2 Å². The molecule has 0 aromatic heterocycles.